The maximum absolute atomic E-state index is 13.9. The maximum Gasteiger partial charge on any atom is 0.326 e. The van der Waals surface area contributed by atoms with Crippen LogP contribution < -0.4 is 11.1 Å². The molecule has 0 aliphatic carbocycles. The van der Waals surface area contributed by atoms with Gasteiger partial charge in [-0.25, -0.2) is 4.79 Å². The van der Waals surface area contributed by atoms with E-state index in [0.29, 0.717) is 25.7 Å². The number of nitrogens with one attached hydrogen (secondary N) is 1. The summed E-state index contributed by atoms with van der Waals surface area (Å²) >= 11 is 0. The first-order valence-electron chi connectivity index (χ1n) is 13.5. The largest absolute Gasteiger partial charge is 0.480 e. The summed E-state index contributed by atoms with van der Waals surface area (Å²) in [5.41, 5.74) is 8.76. The van der Waals surface area contributed by atoms with Crippen LogP contribution in [0, 0.1) is 0 Å². The molecule has 4 N–H and O–H groups in total. The molecule has 2 heterocycles. The van der Waals surface area contributed by atoms with E-state index in [9.17, 15) is 24.3 Å². The van der Waals surface area contributed by atoms with Crippen LogP contribution >= 0.6 is 21.6 Å². The molecular weight excluding hydrogens is 550 g/mol. The Labute approximate surface area is 242 Å². The summed E-state index contributed by atoms with van der Waals surface area (Å²) in [7, 11) is 2.60. The second-order valence-electron chi connectivity index (χ2n) is 9.93. The minimum atomic E-state index is -1.03. The second-order valence-corrected chi connectivity index (χ2v) is 12.5. The topological polar surface area (TPSA) is 139 Å². The lowest BCUT2D eigenvalue weighted by Gasteiger charge is -2.40. The molecule has 40 heavy (non-hydrogen) atoms. The first kappa shape index (κ1) is 30.0. The van der Waals surface area contributed by atoms with Gasteiger partial charge in [0.2, 0.25) is 11.8 Å². The highest BCUT2D eigenvalue weighted by atomic mass is 33.1. The van der Waals surface area contributed by atoms with Crippen molar-refractivity contribution in [3.05, 3.63) is 71.3 Å². The van der Waals surface area contributed by atoms with Gasteiger partial charge in [-0.2, -0.15) is 0 Å². The number of benzene rings is 2. The van der Waals surface area contributed by atoms with Crippen LogP contribution in [-0.2, 0) is 36.8 Å². The van der Waals surface area contributed by atoms with Crippen LogP contribution in [0.2, 0.25) is 0 Å². The van der Waals surface area contributed by atoms with Gasteiger partial charge in [-0.15, -0.1) is 0 Å². The highest BCUT2D eigenvalue weighted by Gasteiger charge is 2.44. The van der Waals surface area contributed by atoms with Gasteiger partial charge in [-0.1, -0.05) is 76.2 Å². The first-order valence-corrected chi connectivity index (χ1v) is 15.9. The van der Waals surface area contributed by atoms with Gasteiger partial charge in [0.1, 0.15) is 18.1 Å². The van der Waals surface area contributed by atoms with Crippen LogP contribution in [-0.4, -0.2) is 69.5 Å². The molecule has 4 rings (SSSR count). The number of nitrogens with zero attached hydrogens (tertiary/aromatic N) is 1. The Balaban J connectivity index is 1.54. The van der Waals surface area contributed by atoms with Crippen molar-refractivity contribution in [3.63, 3.8) is 0 Å². The number of amides is 2. The van der Waals surface area contributed by atoms with Crippen LogP contribution in [0.25, 0.3) is 0 Å². The van der Waals surface area contributed by atoms with Gasteiger partial charge in [0.25, 0.3) is 0 Å². The number of carbonyl (C=O) groups is 4. The van der Waals surface area contributed by atoms with E-state index in [0.717, 1.165) is 16.7 Å². The highest BCUT2D eigenvalue weighted by molar-refractivity contribution is 8.77. The van der Waals surface area contributed by atoms with Crippen molar-refractivity contribution in [2.75, 3.05) is 12.4 Å². The number of carboxylic acid groups (broad SMARTS) is 1. The number of hydrogen-bond acceptors (Lipinski definition) is 8. The van der Waals surface area contributed by atoms with Crippen molar-refractivity contribution >= 4 is 45.3 Å². The normalized spacial score (nSPS) is 21.8. The Kier molecular flexibility index (Phi) is 10.5. The standard InChI is InChI=1S/C29H35N3O6S2/c1-2-38-29(37)21(30)17-39-40-25(15-18-9-4-3-5-10-18)26(33)31-22-16-19-11-6-7-12-20(19)23-13-8-14-24(28(35)36)32(23)27(22)34/h3-7,9-12,21-25H,2,8,13-17,30H2,1H3,(H,31,33)(H,35,36). The van der Waals surface area contributed by atoms with E-state index in [-0.39, 0.29) is 36.6 Å². The number of carboxylic acids is 1. The van der Waals surface area contributed by atoms with Crippen molar-refractivity contribution in [2.45, 2.75) is 68.4 Å². The molecule has 2 aromatic carbocycles. The number of esters is 1. The van der Waals surface area contributed by atoms with Crippen molar-refractivity contribution in [3.8, 4) is 0 Å². The minimum Gasteiger partial charge on any atom is -0.480 e. The molecule has 1 fully saturated rings. The summed E-state index contributed by atoms with van der Waals surface area (Å²) in [5.74, 6) is -1.97. The molecule has 0 saturated carbocycles. The molecular formula is C29H35N3O6S2. The van der Waals surface area contributed by atoms with Crippen LogP contribution in [0.5, 0.6) is 0 Å². The molecule has 2 aliphatic rings. The number of nitrogens with two attached hydrogens (primary N) is 1. The summed E-state index contributed by atoms with van der Waals surface area (Å²) in [6.45, 7) is 1.95. The summed E-state index contributed by atoms with van der Waals surface area (Å²) in [6, 6.07) is 14.2. The molecule has 5 atom stereocenters. The minimum absolute atomic E-state index is 0.239. The van der Waals surface area contributed by atoms with Crippen LogP contribution in [0.3, 0.4) is 0 Å². The lowest BCUT2D eigenvalue weighted by Crippen LogP contribution is -2.56. The molecule has 2 aromatic rings. The van der Waals surface area contributed by atoms with Crippen molar-refractivity contribution in [1.82, 2.24) is 10.2 Å². The van der Waals surface area contributed by atoms with Gasteiger partial charge >= 0.3 is 11.9 Å². The van der Waals surface area contributed by atoms with E-state index in [1.807, 2.05) is 54.6 Å². The van der Waals surface area contributed by atoms with Gasteiger partial charge in [0.05, 0.1) is 17.9 Å². The zero-order chi connectivity index (χ0) is 28.6. The van der Waals surface area contributed by atoms with E-state index in [1.165, 1.54) is 26.5 Å². The van der Waals surface area contributed by atoms with Crippen LogP contribution in [0.1, 0.15) is 48.9 Å². The fourth-order valence-electron chi connectivity index (χ4n) is 5.28. The Morgan fingerprint density at radius 3 is 2.58 bits per heavy atom. The third-order valence-corrected chi connectivity index (χ3v) is 9.95. The lowest BCUT2D eigenvalue weighted by molar-refractivity contribution is -0.156. The Morgan fingerprint density at radius 2 is 1.85 bits per heavy atom. The monoisotopic (exact) mass is 585 g/mol. The number of carbonyl (C=O) groups excluding carboxylic acids is 3. The number of ether oxygens (including phenoxy) is 1. The van der Waals surface area contributed by atoms with Crippen LogP contribution in [0.15, 0.2) is 54.6 Å². The average Bonchev–Trinajstić information content (AvgIpc) is 3.07. The zero-order valence-electron chi connectivity index (χ0n) is 22.4. The predicted octanol–water partition coefficient (Wildman–Crippen LogP) is 3.12. The van der Waals surface area contributed by atoms with Gasteiger partial charge in [-0.05, 0) is 49.3 Å². The van der Waals surface area contributed by atoms with E-state index in [2.05, 4.69) is 5.32 Å². The molecule has 2 amide bonds. The van der Waals surface area contributed by atoms with Crippen molar-refractivity contribution < 1.29 is 29.0 Å². The third kappa shape index (κ3) is 7.18. The summed E-state index contributed by atoms with van der Waals surface area (Å²) in [5, 5.41) is 12.3. The van der Waals surface area contributed by atoms with Gasteiger partial charge in [0.15, 0.2) is 0 Å². The van der Waals surface area contributed by atoms with E-state index in [4.69, 9.17) is 10.5 Å². The summed E-state index contributed by atoms with van der Waals surface area (Å²) in [4.78, 5) is 53.2. The zero-order valence-corrected chi connectivity index (χ0v) is 24.0. The molecule has 1 saturated heterocycles. The van der Waals surface area contributed by atoms with Crippen LogP contribution in [0.4, 0.5) is 0 Å². The molecule has 11 heteroatoms. The number of fused-ring (bicyclic) bond motifs is 3. The fraction of sp³-hybridized carbons (Fsp3) is 0.448. The molecule has 0 bridgehead atoms. The number of piperidine rings is 1. The number of rotatable bonds is 11. The summed E-state index contributed by atoms with van der Waals surface area (Å²) in [6.07, 6.45) is 2.45. The molecule has 0 radical (unpaired) electrons. The van der Waals surface area contributed by atoms with Crippen molar-refractivity contribution in [2.24, 2.45) is 5.73 Å². The number of aliphatic carboxylic acids is 1. The SMILES string of the molecule is CCOC(=O)C(N)CSSC(Cc1ccccc1)C(=O)NC1Cc2ccccc2C2CCCC(C(=O)O)N2C1=O. The third-order valence-electron chi connectivity index (χ3n) is 7.20. The number of hydrogen-bond donors (Lipinski definition) is 3. The molecule has 9 nitrogen and oxygen atoms in total. The smallest absolute Gasteiger partial charge is 0.326 e. The molecule has 5 unspecified atom stereocenters. The fourth-order valence-corrected chi connectivity index (χ4v) is 7.85. The maximum atomic E-state index is 13.9. The van der Waals surface area contributed by atoms with Crippen molar-refractivity contribution in [1.29, 1.82) is 0 Å². The highest BCUT2D eigenvalue weighted by Crippen LogP contribution is 2.39. The Morgan fingerprint density at radius 1 is 1.12 bits per heavy atom. The summed E-state index contributed by atoms with van der Waals surface area (Å²) < 4.78 is 4.98. The van der Waals surface area contributed by atoms with E-state index < -0.39 is 35.3 Å². The predicted molar refractivity (Wildman–Crippen MR) is 156 cm³/mol. The molecule has 0 spiro atoms. The molecule has 214 valence electrons. The molecule has 0 aromatic heterocycles. The van der Waals surface area contributed by atoms with E-state index in [1.54, 1.807) is 6.92 Å². The Hall–Kier alpha value is -3.02. The van der Waals surface area contributed by atoms with E-state index >= 15 is 0 Å². The second kappa shape index (κ2) is 14.0. The first-order chi connectivity index (χ1) is 19.3. The quantitative estimate of drug-likeness (QED) is 0.268. The van der Waals surface area contributed by atoms with Gasteiger partial charge in [-0.3, -0.25) is 14.4 Å². The lowest BCUT2D eigenvalue weighted by atomic mass is 9.89. The average molecular weight is 586 g/mol. The van der Waals surface area contributed by atoms with Gasteiger partial charge in [0, 0.05) is 12.2 Å². The molecule has 2 aliphatic heterocycles. The van der Waals surface area contributed by atoms with Gasteiger partial charge < -0.3 is 25.8 Å². The Bertz CT molecular complexity index is 1210.